The van der Waals surface area contributed by atoms with Gasteiger partial charge in [-0.2, -0.15) is 0 Å². The molecular formula is C9H17NO3. The molecule has 0 aromatic heterocycles. The van der Waals surface area contributed by atoms with E-state index in [-0.39, 0.29) is 6.10 Å². The van der Waals surface area contributed by atoms with Crippen molar-refractivity contribution in [1.29, 1.82) is 0 Å². The van der Waals surface area contributed by atoms with Crippen LogP contribution in [0, 0.1) is 5.92 Å². The molecule has 0 aromatic rings. The molecule has 1 aliphatic rings. The molecule has 76 valence electrons. The first-order chi connectivity index (χ1) is 6.22. The van der Waals surface area contributed by atoms with E-state index in [2.05, 4.69) is 0 Å². The maximum Gasteiger partial charge on any atom is 0.506 e. The van der Waals surface area contributed by atoms with Crippen LogP contribution in [0.25, 0.3) is 0 Å². The molecule has 0 saturated heterocycles. The summed E-state index contributed by atoms with van der Waals surface area (Å²) in [7, 11) is 0. The van der Waals surface area contributed by atoms with E-state index in [0.717, 1.165) is 38.6 Å². The average Bonchev–Trinajstić information content (AvgIpc) is 2.08. The lowest BCUT2D eigenvalue weighted by Crippen LogP contribution is -2.24. The molecule has 4 heteroatoms. The topological polar surface area (TPSA) is 72.5 Å². The van der Waals surface area contributed by atoms with Crippen LogP contribution in [0.4, 0.5) is 4.79 Å². The molecule has 1 rings (SSSR count). The van der Waals surface area contributed by atoms with E-state index < -0.39 is 6.16 Å². The van der Waals surface area contributed by atoms with Crippen molar-refractivity contribution in [2.45, 2.75) is 38.2 Å². The summed E-state index contributed by atoms with van der Waals surface area (Å²) in [6, 6.07) is 0. The average molecular weight is 187 g/mol. The first-order valence-electron chi connectivity index (χ1n) is 4.82. The van der Waals surface area contributed by atoms with Crippen molar-refractivity contribution in [2.24, 2.45) is 11.7 Å². The van der Waals surface area contributed by atoms with Crippen molar-refractivity contribution in [3.8, 4) is 0 Å². The van der Waals surface area contributed by atoms with Crippen LogP contribution in [-0.2, 0) is 4.74 Å². The zero-order valence-electron chi connectivity index (χ0n) is 7.74. The molecule has 0 aliphatic heterocycles. The lowest BCUT2D eigenvalue weighted by atomic mass is 9.85. The highest BCUT2D eigenvalue weighted by Crippen LogP contribution is 2.27. The molecule has 1 fully saturated rings. The van der Waals surface area contributed by atoms with Crippen molar-refractivity contribution in [2.75, 3.05) is 6.54 Å². The van der Waals surface area contributed by atoms with Crippen molar-refractivity contribution < 1.29 is 14.6 Å². The molecule has 0 amide bonds. The maximum atomic E-state index is 10.2. The van der Waals surface area contributed by atoms with Crippen LogP contribution in [0.1, 0.15) is 32.1 Å². The van der Waals surface area contributed by atoms with Gasteiger partial charge in [-0.05, 0) is 44.6 Å². The van der Waals surface area contributed by atoms with Gasteiger partial charge in [0.2, 0.25) is 0 Å². The summed E-state index contributed by atoms with van der Waals surface area (Å²) >= 11 is 0. The van der Waals surface area contributed by atoms with Gasteiger partial charge in [0.15, 0.2) is 0 Å². The lowest BCUT2D eigenvalue weighted by molar-refractivity contribution is 0.0279. The fourth-order valence-electron chi connectivity index (χ4n) is 1.92. The molecule has 0 atom stereocenters. The molecule has 0 aromatic carbocycles. The van der Waals surface area contributed by atoms with E-state index in [1.807, 2.05) is 0 Å². The number of rotatable bonds is 3. The second-order valence-electron chi connectivity index (χ2n) is 3.60. The SMILES string of the molecule is NCC[C@H]1CC[C@@H](OC(=O)O)CC1. The second-order valence-corrected chi connectivity index (χ2v) is 3.60. The lowest BCUT2D eigenvalue weighted by Gasteiger charge is -2.26. The Morgan fingerprint density at radius 1 is 1.38 bits per heavy atom. The maximum absolute atomic E-state index is 10.2. The fraction of sp³-hybridized carbons (Fsp3) is 0.889. The summed E-state index contributed by atoms with van der Waals surface area (Å²) < 4.78 is 4.70. The van der Waals surface area contributed by atoms with Crippen molar-refractivity contribution >= 4 is 6.16 Å². The van der Waals surface area contributed by atoms with Gasteiger partial charge in [-0.1, -0.05) is 0 Å². The number of carbonyl (C=O) groups is 1. The highest BCUT2D eigenvalue weighted by Gasteiger charge is 2.22. The summed E-state index contributed by atoms with van der Waals surface area (Å²) in [6.07, 6.45) is 3.65. The molecule has 0 radical (unpaired) electrons. The number of carboxylic acid groups (broad SMARTS) is 1. The van der Waals surface area contributed by atoms with Crippen LogP contribution in [-0.4, -0.2) is 23.9 Å². The van der Waals surface area contributed by atoms with Gasteiger partial charge in [-0.3, -0.25) is 0 Å². The second kappa shape index (κ2) is 5.07. The van der Waals surface area contributed by atoms with Crippen LogP contribution >= 0.6 is 0 Å². The summed E-state index contributed by atoms with van der Waals surface area (Å²) in [6.45, 7) is 0.731. The zero-order valence-corrected chi connectivity index (χ0v) is 7.74. The van der Waals surface area contributed by atoms with E-state index in [4.69, 9.17) is 15.6 Å². The normalized spacial score (nSPS) is 28.4. The van der Waals surface area contributed by atoms with Gasteiger partial charge in [-0.25, -0.2) is 4.79 Å². The molecule has 1 aliphatic carbocycles. The number of ether oxygens (including phenoxy) is 1. The molecule has 3 N–H and O–H groups in total. The molecule has 0 spiro atoms. The molecule has 4 nitrogen and oxygen atoms in total. The van der Waals surface area contributed by atoms with Crippen molar-refractivity contribution in [3.63, 3.8) is 0 Å². The van der Waals surface area contributed by atoms with Gasteiger partial charge in [0, 0.05) is 0 Å². The minimum Gasteiger partial charge on any atom is -0.450 e. The number of hydrogen-bond donors (Lipinski definition) is 2. The van der Waals surface area contributed by atoms with Crippen molar-refractivity contribution in [3.05, 3.63) is 0 Å². The van der Waals surface area contributed by atoms with Gasteiger partial charge < -0.3 is 15.6 Å². The number of nitrogens with two attached hydrogens (primary N) is 1. The Labute approximate surface area is 78.1 Å². The Balaban J connectivity index is 2.18. The Bertz CT molecular complexity index is 164. The third kappa shape index (κ3) is 3.63. The predicted molar refractivity (Wildman–Crippen MR) is 48.5 cm³/mol. The van der Waals surface area contributed by atoms with Gasteiger partial charge >= 0.3 is 6.16 Å². The van der Waals surface area contributed by atoms with E-state index in [1.54, 1.807) is 0 Å². The zero-order chi connectivity index (χ0) is 9.68. The van der Waals surface area contributed by atoms with Gasteiger partial charge in [-0.15, -0.1) is 0 Å². The standard InChI is InChI=1S/C9H17NO3/c10-6-5-7-1-3-8(4-2-7)13-9(11)12/h7-8H,1-6,10H2,(H,11,12)/t7-,8+. The third-order valence-electron chi connectivity index (χ3n) is 2.64. The minimum atomic E-state index is -1.15. The quantitative estimate of drug-likeness (QED) is 0.658. The molecule has 1 saturated carbocycles. The molecule has 13 heavy (non-hydrogen) atoms. The van der Waals surface area contributed by atoms with E-state index in [9.17, 15) is 4.79 Å². The number of hydrogen-bond acceptors (Lipinski definition) is 3. The molecule has 0 bridgehead atoms. The van der Waals surface area contributed by atoms with E-state index in [1.165, 1.54) is 0 Å². The summed E-state index contributed by atoms with van der Waals surface area (Å²) in [5, 5.41) is 8.39. The first kappa shape index (κ1) is 10.3. The van der Waals surface area contributed by atoms with Crippen LogP contribution in [0.5, 0.6) is 0 Å². The highest BCUT2D eigenvalue weighted by molar-refractivity contribution is 5.57. The Hall–Kier alpha value is -0.770. The monoisotopic (exact) mass is 187 g/mol. The Morgan fingerprint density at radius 2 is 2.00 bits per heavy atom. The van der Waals surface area contributed by atoms with Crippen LogP contribution < -0.4 is 5.73 Å². The third-order valence-corrected chi connectivity index (χ3v) is 2.64. The molecular weight excluding hydrogens is 170 g/mol. The minimum absolute atomic E-state index is 0.0773. The predicted octanol–water partition coefficient (Wildman–Crippen LogP) is 1.59. The smallest absolute Gasteiger partial charge is 0.450 e. The largest absolute Gasteiger partial charge is 0.506 e. The highest BCUT2D eigenvalue weighted by atomic mass is 16.7. The van der Waals surface area contributed by atoms with Crippen LogP contribution in [0.15, 0.2) is 0 Å². The van der Waals surface area contributed by atoms with E-state index in [0.29, 0.717) is 5.92 Å². The summed E-state index contributed by atoms with van der Waals surface area (Å²) in [5.74, 6) is 0.679. The molecule has 0 unspecified atom stereocenters. The van der Waals surface area contributed by atoms with Gasteiger partial charge in [0.05, 0.1) is 0 Å². The Kier molecular flexibility index (Phi) is 4.02. The van der Waals surface area contributed by atoms with Gasteiger partial charge in [0.1, 0.15) is 6.10 Å². The van der Waals surface area contributed by atoms with Crippen molar-refractivity contribution in [1.82, 2.24) is 0 Å². The summed E-state index contributed by atoms with van der Waals surface area (Å²) in [5.41, 5.74) is 5.45. The summed E-state index contributed by atoms with van der Waals surface area (Å²) in [4.78, 5) is 10.2. The van der Waals surface area contributed by atoms with Crippen LogP contribution in [0.2, 0.25) is 0 Å². The fourth-order valence-corrected chi connectivity index (χ4v) is 1.92. The Morgan fingerprint density at radius 3 is 2.46 bits per heavy atom. The van der Waals surface area contributed by atoms with E-state index >= 15 is 0 Å². The van der Waals surface area contributed by atoms with Crippen LogP contribution in [0.3, 0.4) is 0 Å². The molecule has 0 heterocycles. The van der Waals surface area contributed by atoms with Gasteiger partial charge in [0.25, 0.3) is 0 Å². The first-order valence-corrected chi connectivity index (χ1v) is 4.82.